The van der Waals surface area contributed by atoms with Crippen LogP contribution in [-0.4, -0.2) is 40.2 Å². The van der Waals surface area contributed by atoms with Gasteiger partial charge in [0.2, 0.25) is 0 Å². The predicted molar refractivity (Wildman–Crippen MR) is 129 cm³/mol. The largest absolute Gasteiger partial charge is 0.481 e. The molecule has 0 saturated heterocycles. The lowest BCUT2D eigenvalue weighted by Gasteiger charge is -2.14. The minimum absolute atomic E-state index is 0. The van der Waals surface area contributed by atoms with Crippen LogP contribution in [0.15, 0.2) is 30.3 Å². The number of carbonyl (C=O) groups is 2. The Hall–Kier alpha value is -2.36. The summed E-state index contributed by atoms with van der Waals surface area (Å²) in [7, 11) is 0. The van der Waals surface area contributed by atoms with E-state index in [9.17, 15) is 9.59 Å². The first-order valence-electron chi connectivity index (χ1n) is 9.78. The van der Waals surface area contributed by atoms with Crippen molar-refractivity contribution in [2.24, 2.45) is 11.5 Å². The minimum Gasteiger partial charge on any atom is -0.481 e. The molecule has 0 unspecified atom stereocenters. The molecule has 2 rings (SSSR count). The molecule has 0 aliphatic rings. The Morgan fingerprint density at radius 1 is 1.06 bits per heavy atom. The zero-order chi connectivity index (χ0) is 23.6. The number of hydrogen-bond donors (Lipinski definition) is 5. The number of nitrogens with one attached hydrogen (secondary N) is 1. The molecule has 2 aromatic rings. The molecule has 0 radical (unpaired) electrons. The highest BCUT2D eigenvalue weighted by Gasteiger charge is 2.11. The molecule has 10 heteroatoms. The molecule has 0 aliphatic heterocycles. The lowest BCUT2D eigenvalue weighted by atomic mass is 10.1. The van der Waals surface area contributed by atoms with Gasteiger partial charge in [0.15, 0.2) is 0 Å². The molecule has 2 aromatic carbocycles. The van der Waals surface area contributed by atoms with Crippen molar-refractivity contribution in [3.8, 4) is 0 Å². The molecule has 0 amide bonds. The van der Waals surface area contributed by atoms with E-state index in [1.54, 1.807) is 12.1 Å². The molecule has 0 saturated carbocycles. The first-order chi connectivity index (χ1) is 14.6. The maximum atomic E-state index is 11.0. The molecular weight excluding hydrogens is 457 g/mol. The van der Waals surface area contributed by atoms with Crippen LogP contribution < -0.4 is 16.8 Å². The molecule has 0 aromatic heterocycles. The quantitative estimate of drug-likeness (QED) is 0.335. The maximum absolute atomic E-state index is 11.0. The van der Waals surface area contributed by atoms with E-state index in [0.717, 1.165) is 29.7 Å². The fraction of sp³-hybridized carbons (Fsp3) is 0.364. The number of benzene rings is 2. The summed E-state index contributed by atoms with van der Waals surface area (Å²) >= 11 is 12.3. The summed E-state index contributed by atoms with van der Waals surface area (Å²) in [5.74, 6) is -1.81. The lowest BCUT2D eigenvalue weighted by Crippen LogP contribution is -2.29. The number of aliphatic carboxylic acids is 2. The van der Waals surface area contributed by atoms with Crippen molar-refractivity contribution in [2.75, 3.05) is 11.9 Å². The van der Waals surface area contributed by atoms with Crippen LogP contribution in [0, 0.1) is 13.8 Å². The third-order valence-corrected chi connectivity index (χ3v) is 5.38. The fourth-order valence-corrected chi connectivity index (χ4v) is 3.11. The zero-order valence-electron chi connectivity index (χ0n) is 18.1. The molecule has 32 heavy (non-hydrogen) atoms. The number of aryl methyl sites for hydroxylation is 1. The van der Waals surface area contributed by atoms with Crippen molar-refractivity contribution in [1.82, 2.24) is 0 Å². The maximum Gasteiger partial charge on any atom is 0.320 e. The molecule has 0 spiro atoms. The van der Waals surface area contributed by atoms with Crippen molar-refractivity contribution in [2.45, 2.75) is 45.6 Å². The third-order valence-electron chi connectivity index (χ3n) is 4.48. The van der Waals surface area contributed by atoms with E-state index in [-0.39, 0.29) is 11.9 Å². The van der Waals surface area contributed by atoms with Gasteiger partial charge in [-0.25, -0.2) is 0 Å². The third kappa shape index (κ3) is 9.84. The second-order valence-electron chi connectivity index (χ2n) is 7.12. The van der Waals surface area contributed by atoms with Crippen LogP contribution >= 0.6 is 23.2 Å². The van der Waals surface area contributed by atoms with Crippen LogP contribution in [0.25, 0.3) is 0 Å². The van der Waals surface area contributed by atoms with Gasteiger partial charge in [-0.3, -0.25) is 9.59 Å². The van der Waals surface area contributed by atoms with Crippen LogP contribution in [0.2, 0.25) is 10.0 Å². The summed E-state index contributed by atoms with van der Waals surface area (Å²) in [6, 6.07) is 8.45. The first-order valence-corrected chi connectivity index (χ1v) is 10.5. The Balaban J connectivity index is 0.000000747. The average Bonchev–Trinajstić information content (AvgIpc) is 2.70. The fourth-order valence-electron chi connectivity index (χ4n) is 2.69. The molecular formula is C22H31Cl2N3O5. The highest BCUT2D eigenvalue weighted by molar-refractivity contribution is 6.37. The Labute approximate surface area is 197 Å². The van der Waals surface area contributed by atoms with Crippen molar-refractivity contribution in [3.63, 3.8) is 0 Å². The van der Waals surface area contributed by atoms with E-state index in [0.29, 0.717) is 34.3 Å². The van der Waals surface area contributed by atoms with Gasteiger partial charge in [-0.1, -0.05) is 47.3 Å². The zero-order valence-corrected chi connectivity index (χ0v) is 19.6. The topological polar surface area (TPSA) is 170 Å². The summed E-state index contributed by atoms with van der Waals surface area (Å²) < 4.78 is 0. The molecule has 9 N–H and O–H groups in total. The Morgan fingerprint density at radius 3 is 2.25 bits per heavy atom. The minimum atomic E-state index is -0.933. The number of carboxylic acid groups (broad SMARTS) is 2. The van der Waals surface area contributed by atoms with Crippen LogP contribution in [0.5, 0.6) is 0 Å². The summed E-state index contributed by atoms with van der Waals surface area (Å²) in [5, 5.41) is 21.7. The smallest absolute Gasteiger partial charge is 0.320 e. The Morgan fingerprint density at radius 2 is 1.69 bits per heavy atom. The Bertz CT molecular complexity index is 909. The Kier molecular flexibility index (Phi) is 13.6. The van der Waals surface area contributed by atoms with Gasteiger partial charge in [-0.05, 0) is 62.6 Å². The van der Waals surface area contributed by atoms with Gasteiger partial charge in [-0.2, -0.15) is 0 Å². The predicted octanol–water partition coefficient (Wildman–Crippen LogP) is 3.68. The standard InChI is InChI=1S/C16H15Cl2NO2.C6H14N2O2.H2O/c1-9-3-5-13(11(7-9)8-15(20)21)19-14-6-4-12(17)10(2)16(14)18;7-4-2-1-3-5(8)6(9)10;/h3-7,19H,8H2,1-2H3,(H,20,21);5H,1-4,7-8H2,(H,9,10);1H2/t;5-;/m.0./s1. The van der Waals surface area contributed by atoms with Gasteiger partial charge >= 0.3 is 11.9 Å². The van der Waals surface area contributed by atoms with E-state index in [4.69, 9.17) is 44.9 Å². The molecule has 0 heterocycles. The van der Waals surface area contributed by atoms with Crippen LogP contribution in [0.1, 0.15) is 36.0 Å². The first kappa shape index (κ1) is 29.6. The molecule has 0 aliphatic carbocycles. The number of anilines is 2. The number of rotatable bonds is 9. The van der Waals surface area contributed by atoms with Crippen LogP contribution in [0.4, 0.5) is 11.4 Å². The van der Waals surface area contributed by atoms with E-state index >= 15 is 0 Å². The number of halogens is 2. The molecule has 8 nitrogen and oxygen atoms in total. The van der Waals surface area contributed by atoms with Gasteiger partial charge in [0.05, 0.1) is 17.1 Å². The molecule has 0 fully saturated rings. The number of hydrogen-bond acceptors (Lipinski definition) is 5. The van der Waals surface area contributed by atoms with Gasteiger partial charge in [0, 0.05) is 10.7 Å². The van der Waals surface area contributed by atoms with Gasteiger partial charge in [0.1, 0.15) is 6.04 Å². The van der Waals surface area contributed by atoms with Crippen LogP contribution in [-0.2, 0) is 16.0 Å². The van der Waals surface area contributed by atoms with Gasteiger partial charge in [0.25, 0.3) is 0 Å². The van der Waals surface area contributed by atoms with Crippen molar-refractivity contribution >= 4 is 46.5 Å². The summed E-state index contributed by atoms with van der Waals surface area (Å²) in [6.45, 7) is 4.37. The van der Waals surface area contributed by atoms with E-state index in [1.807, 2.05) is 32.0 Å². The van der Waals surface area contributed by atoms with E-state index < -0.39 is 18.0 Å². The number of unbranched alkanes of at least 4 members (excludes halogenated alkanes) is 1. The van der Waals surface area contributed by atoms with Crippen molar-refractivity contribution in [3.05, 3.63) is 57.1 Å². The average molecular weight is 488 g/mol. The van der Waals surface area contributed by atoms with Gasteiger partial charge < -0.3 is 32.5 Å². The molecule has 1 atom stereocenters. The summed E-state index contributed by atoms with van der Waals surface area (Å²) in [4.78, 5) is 21.1. The SMILES string of the molecule is Cc1ccc(Nc2ccc(Cl)c(C)c2Cl)c(CC(=O)O)c1.NCCCC[C@H](N)C(=O)O.O. The van der Waals surface area contributed by atoms with Crippen molar-refractivity contribution in [1.29, 1.82) is 0 Å². The summed E-state index contributed by atoms with van der Waals surface area (Å²) in [5.41, 5.74) is 14.4. The van der Waals surface area contributed by atoms with Crippen molar-refractivity contribution < 1.29 is 25.3 Å². The number of carboxylic acids is 2. The highest BCUT2D eigenvalue weighted by Crippen LogP contribution is 2.33. The number of nitrogens with two attached hydrogens (primary N) is 2. The molecule has 178 valence electrons. The lowest BCUT2D eigenvalue weighted by molar-refractivity contribution is -0.139. The van der Waals surface area contributed by atoms with E-state index in [2.05, 4.69) is 5.32 Å². The summed E-state index contributed by atoms with van der Waals surface area (Å²) in [6.07, 6.45) is 2.12. The van der Waals surface area contributed by atoms with E-state index in [1.165, 1.54) is 0 Å². The second-order valence-corrected chi connectivity index (χ2v) is 7.90. The monoisotopic (exact) mass is 487 g/mol. The second kappa shape index (κ2) is 14.7. The molecule has 0 bridgehead atoms. The highest BCUT2D eigenvalue weighted by atomic mass is 35.5. The normalized spacial score (nSPS) is 10.9. The van der Waals surface area contributed by atoms with Gasteiger partial charge in [-0.15, -0.1) is 0 Å². The van der Waals surface area contributed by atoms with Crippen LogP contribution in [0.3, 0.4) is 0 Å².